The van der Waals surface area contributed by atoms with Crippen LogP contribution in [0, 0.1) is 6.92 Å². The zero-order valence-electron chi connectivity index (χ0n) is 15.4. The van der Waals surface area contributed by atoms with Gasteiger partial charge in [-0.3, -0.25) is 4.99 Å². The van der Waals surface area contributed by atoms with E-state index in [1.54, 1.807) is 0 Å². The lowest BCUT2D eigenvalue weighted by atomic mass is 10.0. The van der Waals surface area contributed by atoms with Crippen LogP contribution in [0.3, 0.4) is 0 Å². The number of nitrogens with two attached hydrogens (primary N) is 1. The van der Waals surface area contributed by atoms with Gasteiger partial charge in [0.05, 0.1) is 12.6 Å². The van der Waals surface area contributed by atoms with Crippen molar-refractivity contribution in [3.05, 3.63) is 65.4 Å². The zero-order valence-corrected chi connectivity index (χ0v) is 17.7. The Morgan fingerprint density at radius 2 is 2.00 bits per heavy atom. The lowest BCUT2D eigenvalue weighted by Gasteiger charge is -2.26. The van der Waals surface area contributed by atoms with Crippen LogP contribution in [-0.2, 0) is 6.42 Å². The number of aryl methyl sites for hydroxylation is 1. The molecule has 4 rings (SSSR count). The molecule has 0 radical (unpaired) electrons. The summed E-state index contributed by atoms with van der Waals surface area (Å²) in [4.78, 5) is 7.98. The number of rotatable bonds is 4. The molecule has 1 aliphatic heterocycles. The predicted octanol–water partition coefficient (Wildman–Crippen LogP) is 4.06. The van der Waals surface area contributed by atoms with E-state index in [1.807, 2.05) is 24.3 Å². The third-order valence-electron chi connectivity index (χ3n) is 4.95. The lowest BCUT2D eigenvalue weighted by molar-refractivity contribution is 0.262. The number of benzene rings is 2. The van der Waals surface area contributed by atoms with E-state index in [2.05, 4.69) is 46.5 Å². The third kappa shape index (κ3) is 4.21. The molecule has 1 atom stereocenters. The maximum absolute atomic E-state index is 6.14. The molecule has 0 spiro atoms. The van der Waals surface area contributed by atoms with Crippen LogP contribution in [0.4, 0.5) is 0 Å². The Bertz CT molecular complexity index is 950. The predicted molar refractivity (Wildman–Crippen MR) is 121 cm³/mol. The van der Waals surface area contributed by atoms with E-state index in [-0.39, 0.29) is 30.0 Å². The van der Waals surface area contributed by atoms with Crippen LogP contribution in [0.1, 0.15) is 29.3 Å². The van der Waals surface area contributed by atoms with Crippen LogP contribution in [0.5, 0.6) is 5.75 Å². The molecule has 0 saturated carbocycles. The standard InChI is InChI=1S/C21H24N4O.HI/c1-14-15(16-6-2-4-8-18(16)24-14)10-12-23-21(22)25-19-11-13-26-20-9-5-3-7-17(19)20;/h2-9,19,24H,10-13H2,1H3,(H3,22,23,25);1H. The molecule has 0 amide bonds. The molecule has 6 heteroatoms. The summed E-state index contributed by atoms with van der Waals surface area (Å²) in [6, 6.07) is 16.6. The van der Waals surface area contributed by atoms with Crippen molar-refractivity contribution >= 4 is 40.8 Å². The van der Waals surface area contributed by atoms with Crippen LogP contribution in [0.15, 0.2) is 53.5 Å². The number of halogens is 1. The molecule has 27 heavy (non-hydrogen) atoms. The normalized spacial score (nSPS) is 16.3. The number of nitrogens with one attached hydrogen (secondary N) is 2. The number of nitrogens with zero attached hydrogens (tertiary/aromatic N) is 1. The lowest BCUT2D eigenvalue weighted by Crippen LogP contribution is -2.37. The first-order valence-corrected chi connectivity index (χ1v) is 9.07. The molecule has 142 valence electrons. The molecular weight excluding hydrogens is 451 g/mol. The molecule has 0 fully saturated rings. The van der Waals surface area contributed by atoms with Gasteiger partial charge in [-0.15, -0.1) is 24.0 Å². The van der Waals surface area contributed by atoms with Gasteiger partial charge >= 0.3 is 0 Å². The monoisotopic (exact) mass is 476 g/mol. The highest BCUT2D eigenvalue weighted by Gasteiger charge is 2.21. The number of aliphatic imine (C=N–C) groups is 1. The van der Waals surface area contributed by atoms with Crippen LogP contribution < -0.4 is 15.8 Å². The summed E-state index contributed by atoms with van der Waals surface area (Å²) in [6.07, 6.45) is 1.75. The minimum absolute atomic E-state index is 0. The Balaban J connectivity index is 0.00000210. The van der Waals surface area contributed by atoms with E-state index in [0.29, 0.717) is 19.1 Å². The number of H-pyrrole nitrogens is 1. The summed E-state index contributed by atoms with van der Waals surface area (Å²) in [6.45, 7) is 3.46. The number of aromatic amines is 1. The minimum atomic E-state index is 0. The highest BCUT2D eigenvalue weighted by Crippen LogP contribution is 2.31. The Kier molecular flexibility index (Phi) is 6.26. The van der Waals surface area contributed by atoms with Gasteiger partial charge in [0, 0.05) is 35.1 Å². The SMILES string of the molecule is Cc1[nH]c2ccccc2c1CCN=C(N)NC1CCOc2ccccc21.I. The fourth-order valence-corrected chi connectivity index (χ4v) is 3.66. The first-order valence-electron chi connectivity index (χ1n) is 9.07. The number of hydrogen-bond donors (Lipinski definition) is 3. The third-order valence-corrected chi connectivity index (χ3v) is 4.95. The highest BCUT2D eigenvalue weighted by atomic mass is 127. The van der Waals surface area contributed by atoms with Gasteiger partial charge in [0.25, 0.3) is 0 Å². The molecule has 2 heterocycles. The van der Waals surface area contributed by atoms with Crippen molar-refractivity contribution in [2.24, 2.45) is 10.7 Å². The van der Waals surface area contributed by atoms with E-state index in [9.17, 15) is 0 Å². The van der Waals surface area contributed by atoms with E-state index in [0.717, 1.165) is 24.2 Å². The van der Waals surface area contributed by atoms with Crippen molar-refractivity contribution in [2.45, 2.75) is 25.8 Å². The summed E-state index contributed by atoms with van der Waals surface area (Å²) in [5.74, 6) is 1.42. The van der Waals surface area contributed by atoms with Crippen LogP contribution in [0.2, 0.25) is 0 Å². The Morgan fingerprint density at radius 3 is 2.89 bits per heavy atom. The van der Waals surface area contributed by atoms with Crippen LogP contribution in [-0.4, -0.2) is 24.1 Å². The van der Waals surface area contributed by atoms with Crippen molar-refractivity contribution < 1.29 is 4.74 Å². The number of aromatic nitrogens is 1. The van der Waals surface area contributed by atoms with Crippen molar-refractivity contribution in [3.63, 3.8) is 0 Å². The smallest absolute Gasteiger partial charge is 0.189 e. The van der Waals surface area contributed by atoms with Crippen molar-refractivity contribution in [1.29, 1.82) is 0 Å². The summed E-state index contributed by atoms with van der Waals surface area (Å²) < 4.78 is 5.70. The van der Waals surface area contributed by atoms with Crippen molar-refractivity contribution in [3.8, 4) is 5.75 Å². The average Bonchev–Trinajstić information content (AvgIpc) is 2.98. The maximum atomic E-state index is 6.14. The Morgan fingerprint density at radius 1 is 1.22 bits per heavy atom. The van der Waals surface area contributed by atoms with Crippen molar-refractivity contribution in [2.75, 3.05) is 13.2 Å². The van der Waals surface area contributed by atoms with E-state index >= 15 is 0 Å². The minimum Gasteiger partial charge on any atom is -0.493 e. The molecule has 0 aliphatic carbocycles. The number of guanidine groups is 1. The van der Waals surface area contributed by atoms with E-state index in [1.165, 1.54) is 22.2 Å². The maximum Gasteiger partial charge on any atom is 0.189 e. The number of fused-ring (bicyclic) bond motifs is 2. The van der Waals surface area contributed by atoms with Gasteiger partial charge in [-0.05, 0) is 31.0 Å². The summed E-state index contributed by atoms with van der Waals surface area (Å²) in [5, 5.41) is 4.62. The molecule has 1 aromatic heterocycles. The summed E-state index contributed by atoms with van der Waals surface area (Å²) >= 11 is 0. The molecular formula is C21H25IN4O. The van der Waals surface area contributed by atoms with E-state index in [4.69, 9.17) is 10.5 Å². The van der Waals surface area contributed by atoms with Gasteiger partial charge in [-0.2, -0.15) is 0 Å². The van der Waals surface area contributed by atoms with Crippen molar-refractivity contribution in [1.82, 2.24) is 10.3 Å². The number of para-hydroxylation sites is 2. The second kappa shape index (κ2) is 8.65. The molecule has 1 unspecified atom stereocenters. The first-order chi connectivity index (χ1) is 12.7. The second-order valence-corrected chi connectivity index (χ2v) is 6.66. The molecule has 4 N–H and O–H groups in total. The molecule has 5 nitrogen and oxygen atoms in total. The summed E-state index contributed by atoms with van der Waals surface area (Å²) in [5.41, 5.74) is 11.0. The van der Waals surface area contributed by atoms with Gasteiger partial charge in [0.2, 0.25) is 0 Å². The van der Waals surface area contributed by atoms with Gasteiger partial charge in [0.1, 0.15) is 5.75 Å². The van der Waals surface area contributed by atoms with Crippen LogP contribution in [0.25, 0.3) is 10.9 Å². The second-order valence-electron chi connectivity index (χ2n) is 6.66. The molecule has 3 aromatic rings. The average molecular weight is 476 g/mol. The summed E-state index contributed by atoms with van der Waals surface area (Å²) in [7, 11) is 0. The first kappa shape index (κ1) is 19.5. The Labute approximate surface area is 176 Å². The van der Waals surface area contributed by atoms with Gasteiger partial charge in [-0.1, -0.05) is 36.4 Å². The quantitative estimate of drug-likeness (QED) is 0.302. The van der Waals surface area contributed by atoms with Gasteiger partial charge in [-0.25, -0.2) is 0 Å². The molecule has 0 bridgehead atoms. The highest BCUT2D eigenvalue weighted by molar-refractivity contribution is 14.0. The van der Waals surface area contributed by atoms with Crippen LogP contribution >= 0.6 is 24.0 Å². The fourth-order valence-electron chi connectivity index (χ4n) is 3.66. The van der Waals surface area contributed by atoms with Gasteiger partial charge in [0.15, 0.2) is 5.96 Å². The molecule has 2 aromatic carbocycles. The molecule has 0 saturated heterocycles. The Hall–Kier alpha value is -2.22. The number of hydrogen-bond acceptors (Lipinski definition) is 2. The number of ether oxygens (including phenoxy) is 1. The zero-order chi connectivity index (χ0) is 17.9. The molecule has 1 aliphatic rings. The topological polar surface area (TPSA) is 75.4 Å². The fraction of sp³-hybridized carbons (Fsp3) is 0.286. The largest absolute Gasteiger partial charge is 0.493 e. The van der Waals surface area contributed by atoms with Gasteiger partial charge < -0.3 is 20.8 Å². The van der Waals surface area contributed by atoms with E-state index < -0.39 is 0 Å².